The maximum Gasteiger partial charge on any atom is 0.253 e. The molecule has 6 rings (SSSR count). The van der Waals surface area contributed by atoms with Gasteiger partial charge in [-0.1, -0.05) is 49.4 Å². The maximum absolute atomic E-state index is 15.0. The number of benzene rings is 3. The number of carbonyl (C=O) groups excluding carboxylic acids is 3. The number of anilines is 2. The molecule has 2 unspecified atom stereocenters. The molecular weight excluding hydrogens is 606 g/mol. The van der Waals surface area contributed by atoms with Crippen molar-refractivity contribution in [2.45, 2.75) is 63.3 Å². The van der Waals surface area contributed by atoms with Gasteiger partial charge in [0.1, 0.15) is 17.4 Å². The van der Waals surface area contributed by atoms with E-state index in [2.05, 4.69) is 13.2 Å². The first-order valence-electron chi connectivity index (χ1n) is 16.9. The van der Waals surface area contributed by atoms with Gasteiger partial charge in [0.15, 0.2) is 0 Å². The Bertz CT molecular complexity index is 1720. The zero-order valence-corrected chi connectivity index (χ0v) is 28.0. The van der Waals surface area contributed by atoms with Crippen LogP contribution in [-0.2, 0) is 19.1 Å². The fraction of sp³-hybridized carbons (Fsp3) is 0.410. The molecule has 0 aromatic heterocycles. The molecule has 3 aliphatic rings. The number of fused-ring (bicyclic) bond motifs is 2. The van der Waals surface area contributed by atoms with Crippen LogP contribution in [0.2, 0.25) is 0 Å². The molecule has 3 aromatic rings. The highest BCUT2D eigenvalue weighted by atomic mass is 16.5. The highest BCUT2D eigenvalue weighted by Gasteiger charge is 2.79. The van der Waals surface area contributed by atoms with Crippen molar-refractivity contribution in [2.24, 2.45) is 11.8 Å². The normalized spacial score (nSPS) is 26.3. The second kappa shape index (κ2) is 13.2. The second-order valence-electron chi connectivity index (χ2n) is 13.2. The summed E-state index contributed by atoms with van der Waals surface area (Å²) in [5, 5.41) is 12.5. The van der Waals surface area contributed by atoms with Crippen molar-refractivity contribution in [3.05, 3.63) is 92.0 Å². The molecule has 2 bridgehead atoms. The Morgan fingerprint density at radius 2 is 1.62 bits per heavy atom. The fourth-order valence-corrected chi connectivity index (χ4v) is 8.28. The number of aliphatic hydroxyl groups is 1. The molecule has 9 nitrogen and oxygen atoms in total. The Morgan fingerprint density at radius 1 is 0.979 bits per heavy atom. The number of hydrogen-bond acceptors (Lipinski definition) is 6. The third-order valence-corrected chi connectivity index (χ3v) is 10.4. The minimum atomic E-state index is -1.25. The van der Waals surface area contributed by atoms with E-state index in [1.54, 1.807) is 22.0 Å². The first-order valence-corrected chi connectivity index (χ1v) is 16.9. The highest BCUT2D eigenvalue weighted by molar-refractivity contribution is 6.07. The van der Waals surface area contributed by atoms with E-state index >= 15 is 4.79 Å². The Morgan fingerprint density at radius 3 is 2.25 bits per heavy atom. The summed E-state index contributed by atoms with van der Waals surface area (Å²) < 4.78 is 12.5. The lowest BCUT2D eigenvalue weighted by Gasteiger charge is -2.39. The number of rotatable bonds is 13. The van der Waals surface area contributed by atoms with Crippen molar-refractivity contribution in [1.82, 2.24) is 4.90 Å². The lowest BCUT2D eigenvalue weighted by atomic mass is 9.66. The van der Waals surface area contributed by atoms with Crippen LogP contribution in [0.25, 0.3) is 10.8 Å². The molecule has 9 heteroatoms. The van der Waals surface area contributed by atoms with Crippen molar-refractivity contribution in [1.29, 1.82) is 0 Å². The summed E-state index contributed by atoms with van der Waals surface area (Å²) in [4.78, 5) is 49.3. The molecule has 252 valence electrons. The van der Waals surface area contributed by atoms with Crippen LogP contribution < -0.4 is 14.5 Å². The van der Waals surface area contributed by atoms with Crippen molar-refractivity contribution in [3.63, 3.8) is 0 Å². The lowest BCUT2D eigenvalue weighted by molar-refractivity contribution is -0.148. The molecule has 3 aromatic carbocycles. The van der Waals surface area contributed by atoms with Gasteiger partial charge in [0, 0.05) is 24.5 Å². The molecule has 3 aliphatic heterocycles. The van der Waals surface area contributed by atoms with Crippen LogP contribution in [0.4, 0.5) is 11.4 Å². The van der Waals surface area contributed by atoms with Crippen molar-refractivity contribution >= 4 is 39.9 Å². The van der Waals surface area contributed by atoms with Crippen LogP contribution in [0.15, 0.2) is 92.0 Å². The van der Waals surface area contributed by atoms with Crippen LogP contribution in [-0.4, -0.2) is 77.3 Å². The Labute approximate surface area is 282 Å². The minimum absolute atomic E-state index is 0.205. The molecule has 0 saturated carbocycles. The zero-order chi connectivity index (χ0) is 34.2. The topological polar surface area (TPSA) is 99.6 Å². The summed E-state index contributed by atoms with van der Waals surface area (Å²) in [6.45, 7) is 14.1. The molecule has 48 heavy (non-hydrogen) atoms. The Kier molecular flexibility index (Phi) is 9.20. The predicted molar refractivity (Wildman–Crippen MR) is 187 cm³/mol. The summed E-state index contributed by atoms with van der Waals surface area (Å²) in [5.74, 6) is -1.98. The third kappa shape index (κ3) is 5.29. The van der Waals surface area contributed by atoms with Gasteiger partial charge in [0.05, 0.1) is 36.7 Å². The number of likely N-dealkylation sites (tertiary alicyclic amines) is 1. The van der Waals surface area contributed by atoms with Gasteiger partial charge >= 0.3 is 0 Å². The first kappa shape index (κ1) is 33.4. The number of carbonyl (C=O) groups is 3. The van der Waals surface area contributed by atoms with E-state index in [9.17, 15) is 14.7 Å². The first-order chi connectivity index (χ1) is 23.2. The van der Waals surface area contributed by atoms with Gasteiger partial charge < -0.3 is 29.3 Å². The number of nitrogens with zero attached hydrogens (tertiary/aromatic N) is 3. The van der Waals surface area contributed by atoms with Crippen LogP contribution in [0.5, 0.6) is 5.75 Å². The van der Waals surface area contributed by atoms with Gasteiger partial charge in [-0.05, 0) is 80.3 Å². The fourth-order valence-electron chi connectivity index (χ4n) is 8.28. The smallest absolute Gasteiger partial charge is 0.253 e. The van der Waals surface area contributed by atoms with Crippen molar-refractivity contribution in [2.75, 3.05) is 36.1 Å². The van der Waals surface area contributed by atoms with Crippen molar-refractivity contribution < 1.29 is 29.0 Å². The Balaban J connectivity index is 1.43. The highest BCUT2D eigenvalue weighted by Crippen LogP contribution is 2.64. The van der Waals surface area contributed by atoms with Gasteiger partial charge in [-0.3, -0.25) is 14.4 Å². The average molecular weight is 652 g/mol. The van der Waals surface area contributed by atoms with Gasteiger partial charge in [-0.15, -0.1) is 13.2 Å². The SMILES string of the molecule is C=CCN(C(=O)C1N([C@@H](CC)CO)C(=O)[C@@H]2[C@H](C(=O)N(CC=C)c3ccc(OCC)cc3)[C@]3(C)CCC12O3)c1ccc2ccccc2c1. The number of amides is 3. The van der Waals surface area contributed by atoms with E-state index in [-0.39, 0.29) is 37.4 Å². The summed E-state index contributed by atoms with van der Waals surface area (Å²) >= 11 is 0. The van der Waals surface area contributed by atoms with Gasteiger partial charge in [0.25, 0.3) is 5.91 Å². The van der Waals surface area contributed by atoms with E-state index in [0.29, 0.717) is 43.0 Å². The Hall–Kier alpha value is -4.47. The van der Waals surface area contributed by atoms with Crippen molar-refractivity contribution in [3.8, 4) is 5.75 Å². The summed E-state index contributed by atoms with van der Waals surface area (Å²) in [7, 11) is 0. The van der Waals surface area contributed by atoms with E-state index in [0.717, 1.165) is 10.8 Å². The molecule has 1 N–H and O–H groups in total. The van der Waals surface area contributed by atoms with Gasteiger partial charge in [-0.2, -0.15) is 0 Å². The third-order valence-electron chi connectivity index (χ3n) is 10.4. The zero-order valence-electron chi connectivity index (χ0n) is 28.0. The predicted octanol–water partition coefficient (Wildman–Crippen LogP) is 5.51. The molecule has 3 amide bonds. The quantitative estimate of drug-likeness (QED) is 0.245. The summed E-state index contributed by atoms with van der Waals surface area (Å²) in [6.07, 6.45) is 4.69. The van der Waals surface area contributed by atoms with Crippen LogP contribution in [0, 0.1) is 11.8 Å². The van der Waals surface area contributed by atoms with Crippen LogP contribution >= 0.6 is 0 Å². The molecule has 3 fully saturated rings. The molecule has 0 aliphatic carbocycles. The van der Waals surface area contributed by atoms with E-state index < -0.39 is 35.1 Å². The van der Waals surface area contributed by atoms with Gasteiger partial charge in [-0.25, -0.2) is 0 Å². The number of hydrogen-bond donors (Lipinski definition) is 1. The monoisotopic (exact) mass is 651 g/mol. The molecule has 3 heterocycles. The largest absolute Gasteiger partial charge is 0.494 e. The van der Waals surface area contributed by atoms with E-state index in [4.69, 9.17) is 9.47 Å². The molecule has 3 saturated heterocycles. The summed E-state index contributed by atoms with van der Waals surface area (Å²) in [6, 6.07) is 19.3. The molecular formula is C39H45N3O6. The van der Waals surface area contributed by atoms with Gasteiger partial charge in [0.2, 0.25) is 11.8 Å². The number of aliphatic hydroxyl groups excluding tert-OH is 1. The lowest BCUT2D eigenvalue weighted by Crippen LogP contribution is -2.59. The van der Waals surface area contributed by atoms with Crippen LogP contribution in [0.3, 0.4) is 0 Å². The number of ether oxygens (including phenoxy) is 2. The standard InChI is InChI=1S/C39H45N3O6/c1-6-22-40(29-16-18-31(19-17-29)47-9-4)35(44)32-33-36(45)42(28(8-3)25-43)34(39(33)21-20-38(32,5)48-39)37(46)41(23-7-2)30-15-14-26-12-10-11-13-27(26)24-30/h6-7,10-19,24,28,32-34,43H,1-2,8-9,20-23,25H2,3-5H3/t28-,32+,33-,34?,38-,39?/m0/s1. The molecule has 6 atom stereocenters. The minimum Gasteiger partial charge on any atom is -0.494 e. The molecule has 1 spiro atoms. The van der Waals surface area contributed by atoms with E-state index in [1.165, 1.54) is 4.90 Å². The van der Waals surface area contributed by atoms with Crippen LogP contribution in [0.1, 0.15) is 40.0 Å². The molecule has 0 radical (unpaired) electrons. The second-order valence-corrected chi connectivity index (χ2v) is 13.2. The maximum atomic E-state index is 15.0. The average Bonchev–Trinajstić information content (AvgIpc) is 3.67. The summed E-state index contributed by atoms with van der Waals surface area (Å²) in [5.41, 5.74) is -0.906. The van der Waals surface area contributed by atoms with E-state index in [1.807, 2.05) is 87.5 Å².